The molecular formula is C24H24N4O5S. The number of anilines is 2. The van der Waals surface area contributed by atoms with Crippen molar-refractivity contribution in [2.24, 2.45) is 0 Å². The fraction of sp³-hybridized carbons (Fsp3) is 0.208. The summed E-state index contributed by atoms with van der Waals surface area (Å²) in [5, 5.41) is 0. The van der Waals surface area contributed by atoms with Crippen LogP contribution < -0.4 is 9.62 Å². The van der Waals surface area contributed by atoms with Crippen LogP contribution in [0.2, 0.25) is 0 Å². The Morgan fingerprint density at radius 2 is 1.65 bits per heavy atom. The number of sulfonamides is 1. The largest absolute Gasteiger partial charge is 0.452 e. The molecule has 0 atom stereocenters. The molecule has 1 aliphatic heterocycles. The van der Waals surface area contributed by atoms with Crippen molar-refractivity contribution in [3.05, 3.63) is 84.6 Å². The molecule has 3 aromatic rings. The lowest BCUT2D eigenvalue weighted by atomic mass is 10.2. The van der Waals surface area contributed by atoms with Gasteiger partial charge in [0.2, 0.25) is 0 Å². The maximum atomic E-state index is 12.5. The maximum Gasteiger partial charge on any atom is 0.338 e. The monoisotopic (exact) mass is 480 g/mol. The number of nitrogens with zero attached hydrogens (tertiary/aromatic N) is 3. The van der Waals surface area contributed by atoms with Gasteiger partial charge in [0, 0.05) is 38.1 Å². The molecule has 1 saturated heterocycles. The number of pyridine rings is 1. The molecule has 0 aliphatic carbocycles. The fourth-order valence-electron chi connectivity index (χ4n) is 3.55. The second-order valence-electron chi connectivity index (χ2n) is 7.63. The van der Waals surface area contributed by atoms with Crippen molar-refractivity contribution in [1.29, 1.82) is 0 Å². The van der Waals surface area contributed by atoms with Crippen LogP contribution in [0.3, 0.4) is 0 Å². The Balaban J connectivity index is 1.30. The van der Waals surface area contributed by atoms with E-state index in [4.69, 9.17) is 4.74 Å². The highest BCUT2D eigenvalue weighted by Gasteiger charge is 2.23. The number of aromatic nitrogens is 1. The van der Waals surface area contributed by atoms with E-state index in [0.29, 0.717) is 26.2 Å². The second kappa shape index (κ2) is 10.3. The van der Waals surface area contributed by atoms with Gasteiger partial charge in [0.15, 0.2) is 6.61 Å². The molecule has 0 saturated carbocycles. The van der Waals surface area contributed by atoms with E-state index < -0.39 is 16.0 Å². The molecule has 176 valence electrons. The average molecular weight is 481 g/mol. The Hall–Kier alpha value is -3.92. The maximum absolute atomic E-state index is 12.5. The molecule has 1 amide bonds. The number of rotatable bonds is 7. The van der Waals surface area contributed by atoms with Crippen LogP contribution >= 0.6 is 0 Å². The number of carbonyl (C=O) groups excluding carboxylic acids is 2. The van der Waals surface area contributed by atoms with E-state index in [1.807, 2.05) is 18.2 Å². The Morgan fingerprint density at radius 1 is 0.912 bits per heavy atom. The summed E-state index contributed by atoms with van der Waals surface area (Å²) in [6.07, 6.45) is 1.73. The summed E-state index contributed by atoms with van der Waals surface area (Å²) in [5.41, 5.74) is 0.358. The van der Waals surface area contributed by atoms with Crippen LogP contribution in [0.1, 0.15) is 10.4 Å². The van der Waals surface area contributed by atoms with E-state index in [1.54, 1.807) is 29.3 Å². The van der Waals surface area contributed by atoms with E-state index in [-0.39, 0.29) is 28.7 Å². The summed E-state index contributed by atoms with van der Waals surface area (Å²) < 4.78 is 32.6. The van der Waals surface area contributed by atoms with Crippen LogP contribution in [-0.2, 0) is 19.6 Å². The van der Waals surface area contributed by atoms with Gasteiger partial charge >= 0.3 is 5.97 Å². The third-order valence-corrected chi connectivity index (χ3v) is 6.73. The smallest absolute Gasteiger partial charge is 0.338 e. The lowest BCUT2D eigenvalue weighted by Gasteiger charge is -2.35. The van der Waals surface area contributed by atoms with Crippen LogP contribution in [0, 0.1) is 0 Å². The molecule has 1 fully saturated rings. The molecule has 1 aliphatic rings. The van der Waals surface area contributed by atoms with Gasteiger partial charge in [-0.2, -0.15) is 0 Å². The molecule has 2 aromatic carbocycles. The Labute approximate surface area is 198 Å². The van der Waals surface area contributed by atoms with E-state index in [1.165, 1.54) is 36.4 Å². The molecule has 1 N–H and O–H groups in total. The van der Waals surface area contributed by atoms with Crippen molar-refractivity contribution >= 4 is 33.4 Å². The van der Waals surface area contributed by atoms with Gasteiger partial charge in [0.05, 0.1) is 10.5 Å². The van der Waals surface area contributed by atoms with Crippen molar-refractivity contribution in [1.82, 2.24) is 9.88 Å². The Morgan fingerprint density at radius 3 is 2.35 bits per heavy atom. The first kappa shape index (κ1) is 23.2. The summed E-state index contributed by atoms with van der Waals surface area (Å²) in [7, 11) is -3.79. The predicted octanol–water partition coefficient (Wildman–Crippen LogP) is 2.39. The molecule has 0 spiro atoms. The summed E-state index contributed by atoms with van der Waals surface area (Å²) in [6, 6.07) is 19.6. The van der Waals surface area contributed by atoms with Gasteiger partial charge < -0.3 is 14.5 Å². The van der Waals surface area contributed by atoms with Crippen LogP contribution in [-0.4, -0.2) is 63.0 Å². The summed E-state index contributed by atoms with van der Waals surface area (Å²) >= 11 is 0. The van der Waals surface area contributed by atoms with Crippen molar-refractivity contribution < 1.29 is 22.7 Å². The van der Waals surface area contributed by atoms with Crippen LogP contribution in [0.5, 0.6) is 0 Å². The standard InChI is InChI=1S/C24H24N4O5S/c29-23(28-15-13-27(14-16-28)22-11-4-5-12-25-22)18-33-24(30)19-7-6-8-20(17-19)26-34(31,32)21-9-2-1-3-10-21/h1-12,17,26H,13-16,18H2. The van der Waals surface area contributed by atoms with E-state index in [0.717, 1.165) is 5.82 Å². The molecule has 4 rings (SSSR count). The molecule has 10 heteroatoms. The SMILES string of the molecule is O=C(OCC(=O)N1CCN(c2ccccn2)CC1)c1cccc(NS(=O)(=O)c2ccccc2)c1. The summed E-state index contributed by atoms with van der Waals surface area (Å²) in [5.74, 6) is -0.125. The summed E-state index contributed by atoms with van der Waals surface area (Å²) in [4.78, 5) is 33.2. The first-order valence-corrected chi connectivity index (χ1v) is 12.2. The first-order chi connectivity index (χ1) is 16.4. The van der Waals surface area contributed by atoms with Crippen LogP contribution in [0.25, 0.3) is 0 Å². The van der Waals surface area contributed by atoms with Gasteiger partial charge in [0.1, 0.15) is 5.82 Å². The lowest BCUT2D eigenvalue weighted by Crippen LogP contribution is -2.50. The average Bonchev–Trinajstić information content (AvgIpc) is 2.88. The van der Waals surface area contributed by atoms with Gasteiger partial charge in [-0.3, -0.25) is 9.52 Å². The van der Waals surface area contributed by atoms with Gasteiger partial charge in [-0.15, -0.1) is 0 Å². The van der Waals surface area contributed by atoms with Crippen molar-refractivity contribution in [2.75, 3.05) is 42.4 Å². The minimum atomic E-state index is -3.79. The molecular weight excluding hydrogens is 456 g/mol. The highest BCUT2D eigenvalue weighted by Crippen LogP contribution is 2.18. The van der Waals surface area contributed by atoms with Crippen molar-refractivity contribution in [3.63, 3.8) is 0 Å². The number of hydrogen-bond acceptors (Lipinski definition) is 7. The molecule has 34 heavy (non-hydrogen) atoms. The summed E-state index contributed by atoms with van der Waals surface area (Å²) in [6.45, 7) is 1.90. The van der Waals surface area contributed by atoms with Crippen LogP contribution in [0.4, 0.5) is 11.5 Å². The van der Waals surface area contributed by atoms with Gasteiger partial charge in [-0.1, -0.05) is 30.3 Å². The molecule has 1 aromatic heterocycles. The zero-order chi connectivity index (χ0) is 24.0. The van der Waals surface area contributed by atoms with Crippen molar-refractivity contribution in [3.8, 4) is 0 Å². The topological polar surface area (TPSA) is 109 Å². The molecule has 2 heterocycles. The quantitative estimate of drug-likeness (QED) is 0.517. The number of hydrogen-bond donors (Lipinski definition) is 1. The highest BCUT2D eigenvalue weighted by atomic mass is 32.2. The minimum Gasteiger partial charge on any atom is -0.452 e. The van der Waals surface area contributed by atoms with E-state index >= 15 is 0 Å². The number of esters is 1. The number of amides is 1. The second-order valence-corrected chi connectivity index (χ2v) is 9.31. The molecule has 0 radical (unpaired) electrons. The third-order valence-electron chi connectivity index (χ3n) is 5.34. The lowest BCUT2D eigenvalue weighted by molar-refractivity contribution is -0.134. The number of piperazine rings is 1. The number of carbonyl (C=O) groups is 2. The number of ether oxygens (including phenoxy) is 1. The first-order valence-electron chi connectivity index (χ1n) is 10.7. The third kappa shape index (κ3) is 5.70. The molecule has 0 bridgehead atoms. The molecule has 0 unspecified atom stereocenters. The number of benzene rings is 2. The van der Waals surface area contributed by atoms with Crippen LogP contribution in [0.15, 0.2) is 83.9 Å². The Bertz CT molecular complexity index is 1240. The van der Waals surface area contributed by atoms with Gasteiger partial charge in [-0.05, 0) is 42.5 Å². The molecule has 9 nitrogen and oxygen atoms in total. The van der Waals surface area contributed by atoms with E-state index in [9.17, 15) is 18.0 Å². The normalized spacial score (nSPS) is 13.9. The zero-order valence-corrected chi connectivity index (χ0v) is 19.1. The predicted molar refractivity (Wildman–Crippen MR) is 127 cm³/mol. The fourth-order valence-corrected chi connectivity index (χ4v) is 4.62. The highest BCUT2D eigenvalue weighted by molar-refractivity contribution is 7.92. The zero-order valence-electron chi connectivity index (χ0n) is 18.3. The minimum absolute atomic E-state index is 0.108. The number of nitrogens with one attached hydrogen (secondary N) is 1. The van der Waals surface area contributed by atoms with Crippen molar-refractivity contribution in [2.45, 2.75) is 4.90 Å². The van der Waals surface area contributed by atoms with Gasteiger partial charge in [0.25, 0.3) is 15.9 Å². The van der Waals surface area contributed by atoms with Gasteiger partial charge in [-0.25, -0.2) is 18.2 Å². The Kier molecular flexibility index (Phi) is 7.07. The van der Waals surface area contributed by atoms with E-state index in [2.05, 4.69) is 14.6 Å².